The molecule has 0 N–H and O–H groups in total. The minimum absolute atomic E-state index is 0.162. The van der Waals surface area contributed by atoms with Crippen molar-refractivity contribution in [2.75, 3.05) is 6.61 Å². The number of terminal acetylenes is 1. The minimum atomic E-state index is 0.162. The molecule has 0 aromatic heterocycles. The fraction of sp³-hybridized carbons (Fsp3) is 0.500. The SMILES string of the molecule is C#C[C@@H]1CO1. The maximum atomic E-state index is 4.86. The lowest BCUT2D eigenvalue weighted by atomic mass is 10.5. The van der Waals surface area contributed by atoms with E-state index in [1.807, 2.05) is 0 Å². The van der Waals surface area contributed by atoms with Crippen molar-refractivity contribution in [3.8, 4) is 12.3 Å². The van der Waals surface area contributed by atoms with Gasteiger partial charge in [0, 0.05) is 0 Å². The van der Waals surface area contributed by atoms with Gasteiger partial charge in [-0.05, 0) is 0 Å². The summed E-state index contributed by atoms with van der Waals surface area (Å²) in [6, 6.07) is 0. The molecule has 0 radical (unpaired) electrons. The van der Waals surface area contributed by atoms with E-state index >= 15 is 0 Å². The zero-order valence-electron chi connectivity index (χ0n) is 2.77. The van der Waals surface area contributed by atoms with E-state index in [-0.39, 0.29) is 6.10 Å². The molecule has 0 saturated carbocycles. The van der Waals surface area contributed by atoms with Crippen LogP contribution in [0.1, 0.15) is 0 Å². The van der Waals surface area contributed by atoms with Gasteiger partial charge >= 0.3 is 0 Å². The molecular formula is C4H4O. The molecule has 1 aliphatic rings. The van der Waals surface area contributed by atoms with Crippen LogP contribution in [0.25, 0.3) is 0 Å². The second kappa shape index (κ2) is 0.734. The molecular weight excluding hydrogens is 64.0 g/mol. The molecule has 26 valence electrons. The van der Waals surface area contributed by atoms with Gasteiger partial charge in [0.2, 0.25) is 0 Å². The van der Waals surface area contributed by atoms with Crippen molar-refractivity contribution in [1.82, 2.24) is 0 Å². The molecule has 0 aliphatic carbocycles. The molecule has 0 bridgehead atoms. The number of hydrogen-bond donors (Lipinski definition) is 0. The molecule has 0 spiro atoms. The minimum Gasteiger partial charge on any atom is -0.359 e. The third-order valence-corrected chi connectivity index (χ3v) is 0.519. The Morgan fingerprint density at radius 2 is 2.60 bits per heavy atom. The quantitative estimate of drug-likeness (QED) is 0.288. The van der Waals surface area contributed by atoms with Gasteiger partial charge in [-0.2, -0.15) is 0 Å². The first kappa shape index (κ1) is 2.74. The van der Waals surface area contributed by atoms with E-state index in [9.17, 15) is 0 Å². The van der Waals surface area contributed by atoms with Crippen molar-refractivity contribution in [3.05, 3.63) is 0 Å². The maximum absolute atomic E-state index is 4.86. The van der Waals surface area contributed by atoms with Crippen LogP contribution in [0.4, 0.5) is 0 Å². The van der Waals surface area contributed by atoms with Crippen LogP contribution in [-0.4, -0.2) is 12.7 Å². The van der Waals surface area contributed by atoms with E-state index in [0.29, 0.717) is 0 Å². The highest BCUT2D eigenvalue weighted by Gasteiger charge is 2.17. The van der Waals surface area contributed by atoms with Crippen LogP contribution in [0.3, 0.4) is 0 Å². The highest BCUT2D eigenvalue weighted by molar-refractivity contribution is 5.00. The highest BCUT2D eigenvalue weighted by Crippen LogP contribution is 2.04. The zero-order valence-corrected chi connectivity index (χ0v) is 2.77. The molecule has 1 atom stereocenters. The third-order valence-electron chi connectivity index (χ3n) is 0.519. The summed E-state index contributed by atoms with van der Waals surface area (Å²) in [5, 5.41) is 0. The average molecular weight is 68.1 g/mol. The van der Waals surface area contributed by atoms with Gasteiger partial charge in [0.15, 0.2) is 0 Å². The fourth-order valence-electron chi connectivity index (χ4n) is 0.144. The van der Waals surface area contributed by atoms with Gasteiger partial charge in [0.25, 0.3) is 0 Å². The Kier molecular flexibility index (Phi) is 0.402. The predicted molar refractivity (Wildman–Crippen MR) is 18.6 cm³/mol. The van der Waals surface area contributed by atoms with Gasteiger partial charge < -0.3 is 4.74 Å². The van der Waals surface area contributed by atoms with Crippen molar-refractivity contribution in [3.63, 3.8) is 0 Å². The molecule has 5 heavy (non-hydrogen) atoms. The summed E-state index contributed by atoms with van der Waals surface area (Å²) in [5.74, 6) is 2.42. The summed E-state index contributed by atoms with van der Waals surface area (Å²) in [7, 11) is 0. The number of epoxide rings is 1. The molecule has 1 rings (SSSR count). The zero-order chi connectivity index (χ0) is 3.70. The van der Waals surface area contributed by atoms with Crippen molar-refractivity contribution in [2.24, 2.45) is 0 Å². The lowest BCUT2D eigenvalue weighted by molar-refractivity contribution is 0.445. The first-order chi connectivity index (χ1) is 2.43. The fourth-order valence-corrected chi connectivity index (χ4v) is 0.144. The molecule has 1 heteroatoms. The Labute approximate surface area is 30.9 Å². The van der Waals surface area contributed by atoms with E-state index < -0.39 is 0 Å². The molecule has 0 amide bonds. The van der Waals surface area contributed by atoms with Crippen molar-refractivity contribution in [2.45, 2.75) is 6.10 Å². The Morgan fingerprint density at radius 1 is 2.00 bits per heavy atom. The maximum Gasteiger partial charge on any atom is 0.141 e. The van der Waals surface area contributed by atoms with Crippen LogP contribution < -0.4 is 0 Å². The molecule has 0 aromatic carbocycles. The van der Waals surface area contributed by atoms with Crippen LogP contribution in [0, 0.1) is 12.3 Å². The van der Waals surface area contributed by atoms with Crippen LogP contribution in [0.5, 0.6) is 0 Å². The van der Waals surface area contributed by atoms with Crippen LogP contribution in [0.2, 0.25) is 0 Å². The van der Waals surface area contributed by atoms with Crippen molar-refractivity contribution in [1.29, 1.82) is 0 Å². The Bertz CT molecular complexity index is 66.2. The van der Waals surface area contributed by atoms with Gasteiger partial charge in [-0.25, -0.2) is 0 Å². The molecule has 1 saturated heterocycles. The second-order valence-electron chi connectivity index (χ2n) is 0.989. The second-order valence-corrected chi connectivity index (χ2v) is 0.989. The number of ether oxygens (including phenoxy) is 1. The molecule has 1 fully saturated rings. The van der Waals surface area contributed by atoms with E-state index in [4.69, 9.17) is 6.42 Å². The molecule has 1 aliphatic heterocycles. The van der Waals surface area contributed by atoms with Crippen molar-refractivity contribution < 1.29 is 4.74 Å². The van der Waals surface area contributed by atoms with E-state index in [1.165, 1.54) is 0 Å². The summed E-state index contributed by atoms with van der Waals surface area (Å²) >= 11 is 0. The highest BCUT2D eigenvalue weighted by atomic mass is 16.6. The lowest BCUT2D eigenvalue weighted by Crippen LogP contribution is -1.67. The summed E-state index contributed by atoms with van der Waals surface area (Å²) in [4.78, 5) is 0. The summed E-state index contributed by atoms with van der Waals surface area (Å²) in [5.41, 5.74) is 0. The van der Waals surface area contributed by atoms with Gasteiger partial charge in [-0.1, -0.05) is 5.92 Å². The van der Waals surface area contributed by atoms with Gasteiger partial charge in [0.1, 0.15) is 6.10 Å². The Morgan fingerprint density at radius 3 is 2.60 bits per heavy atom. The first-order valence-corrected chi connectivity index (χ1v) is 1.51. The number of rotatable bonds is 0. The van der Waals surface area contributed by atoms with Crippen LogP contribution in [-0.2, 0) is 4.74 Å². The van der Waals surface area contributed by atoms with Gasteiger partial charge in [0.05, 0.1) is 6.61 Å². The van der Waals surface area contributed by atoms with Crippen molar-refractivity contribution >= 4 is 0 Å². The summed E-state index contributed by atoms with van der Waals surface area (Å²) < 4.78 is 4.62. The van der Waals surface area contributed by atoms with Crippen LogP contribution >= 0.6 is 0 Å². The standard InChI is InChI=1S/C4H4O/c1-2-4-3-5-4/h1,4H,3H2/t4-/m1/s1. The lowest BCUT2D eigenvalue weighted by Gasteiger charge is -1.54. The molecule has 1 heterocycles. The van der Waals surface area contributed by atoms with E-state index in [0.717, 1.165) is 6.61 Å². The third kappa shape index (κ3) is 0.398. The van der Waals surface area contributed by atoms with E-state index in [1.54, 1.807) is 0 Å². The summed E-state index contributed by atoms with van der Waals surface area (Å²) in [6.45, 7) is 0.774. The smallest absolute Gasteiger partial charge is 0.141 e. The first-order valence-electron chi connectivity index (χ1n) is 1.51. The van der Waals surface area contributed by atoms with Crippen LogP contribution in [0.15, 0.2) is 0 Å². The van der Waals surface area contributed by atoms with Gasteiger partial charge in [-0.3, -0.25) is 0 Å². The number of hydrogen-bond acceptors (Lipinski definition) is 1. The normalized spacial score (nSPS) is 32.2. The Hall–Kier alpha value is -0.480. The monoisotopic (exact) mass is 68.0 g/mol. The molecule has 1 nitrogen and oxygen atoms in total. The molecule has 0 aromatic rings. The largest absolute Gasteiger partial charge is 0.359 e. The summed E-state index contributed by atoms with van der Waals surface area (Å²) in [6.07, 6.45) is 5.02. The predicted octanol–water partition coefficient (Wildman–Crippen LogP) is 0.0184. The van der Waals surface area contributed by atoms with Gasteiger partial charge in [-0.15, -0.1) is 6.42 Å². The molecule has 0 unspecified atom stereocenters. The average Bonchev–Trinajstić information content (AvgIpc) is 2.12. The topological polar surface area (TPSA) is 12.5 Å². The van der Waals surface area contributed by atoms with E-state index in [2.05, 4.69) is 10.7 Å². The Balaban J connectivity index is 2.30.